The Bertz CT molecular complexity index is 430. The SMILES string of the molecule is Cc1ccc(C(C)N(C)C(=O)C2CNCCO2)cc1.Cl. The zero-order chi connectivity index (χ0) is 13.8. The molecule has 1 saturated heterocycles. The number of likely N-dealkylation sites (N-methyl/N-ethyl adjacent to an activating group) is 1. The van der Waals surface area contributed by atoms with Crippen LogP contribution in [0.25, 0.3) is 0 Å². The van der Waals surface area contributed by atoms with Gasteiger partial charge in [0.2, 0.25) is 0 Å². The van der Waals surface area contributed by atoms with E-state index >= 15 is 0 Å². The van der Waals surface area contributed by atoms with Crippen molar-refractivity contribution in [3.8, 4) is 0 Å². The maximum absolute atomic E-state index is 12.3. The van der Waals surface area contributed by atoms with E-state index in [1.54, 1.807) is 4.90 Å². The topological polar surface area (TPSA) is 41.6 Å². The molecule has 1 amide bonds. The molecule has 1 fully saturated rings. The predicted molar refractivity (Wildman–Crippen MR) is 82.2 cm³/mol. The van der Waals surface area contributed by atoms with Crippen LogP contribution in [0.3, 0.4) is 0 Å². The lowest BCUT2D eigenvalue weighted by Crippen LogP contribution is -2.48. The molecule has 1 aliphatic heterocycles. The lowest BCUT2D eigenvalue weighted by atomic mass is 10.0. The molecule has 0 aromatic heterocycles. The molecule has 0 aliphatic carbocycles. The highest BCUT2D eigenvalue weighted by molar-refractivity contribution is 5.85. The van der Waals surface area contributed by atoms with Crippen LogP contribution in [-0.2, 0) is 9.53 Å². The summed E-state index contributed by atoms with van der Waals surface area (Å²) in [5.41, 5.74) is 2.37. The van der Waals surface area contributed by atoms with Crippen molar-refractivity contribution in [2.24, 2.45) is 0 Å². The summed E-state index contributed by atoms with van der Waals surface area (Å²) < 4.78 is 5.51. The Kier molecular flexibility index (Phi) is 6.46. The van der Waals surface area contributed by atoms with Gasteiger partial charge in [0, 0.05) is 20.1 Å². The first kappa shape index (κ1) is 17.0. The molecule has 2 unspecified atom stereocenters. The van der Waals surface area contributed by atoms with Crippen molar-refractivity contribution in [1.82, 2.24) is 10.2 Å². The van der Waals surface area contributed by atoms with Crippen LogP contribution < -0.4 is 5.32 Å². The minimum atomic E-state index is -0.355. The molecule has 5 heteroatoms. The summed E-state index contributed by atoms with van der Waals surface area (Å²) in [6, 6.07) is 8.35. The van der Waals surface area contributed by atoms with Crippen LogP contribution in [0.15, 0.2) is 24.3 Å². The molecule has 2 rings (SSSR count). The third kappa shape index (κ3) is 3.95. The monoisotopic (exact) mass is 298 g/mol. The highest BCUT2D eigenvalue weighted by atomic mass is 35.5. The number of carbonyl (C=O) groups excluding carboxylic acids is 1. The third-order valence-corrected chi connectivity index (χ3v) is 3.69. The van der Waals surface area contributed by atoms with Crippen LogP contribution in [-0.4, -0.2) is 43.7 Å². The van der Waals surface area contributed by atoms with Crippen LogP contribution in [0, 0.1) is 6.92 Å². The third-order valence-electron chi connectivity index (χ3n) is 3.69. The van der Waals surface area contributed by atoms with Crippen molar-refractivity contribution in [3.63, 3.8) is 0 Å². The fraction of sp³-hybridized carbons (Fsp3) is 0.533. The van der Waals surface area contributed by atoms with Crippen molar-refractivity contribution in [2.45, 2.75) is 26.0 Å². The number of nitrogens with zero attached hydrogens (tertiary/aromatic N) is 1. The van der Waals surface area contributed by atoms with Gasteiger partial charge in [0.25, 0.3) is 5.91 Å². The Morgan fingerprint density at radius 1 is 1.40 bits per heavy atom. The van der Waals surface area contributed by atoms with Crippen molar-refractivity contribution >= 4 is 18.3 Å². The van der Waals surface area contributed by atoms with Crippen molar-refractivity contribution in [3.05, 3.63) is 35.4 Å². The Labute approximate surface area is 126 Å². The number of benzene rings is 1. The number of aryl methyl sites for hydroxylation is 1. The molecular weight excluding hydrogens is 276 g/mol. The maximum atomic E-state index is 12.3. The van der Waals surface area contributed by atoms with Crippen molar-refractivity contribution in [2.75, 3.05) is 26.7 Å². The molecule has 1 aliphatic rings. The molecule has 4 nitrogen and oxygen atoms in total. The van der Waals surface area contributed by atoms with Gasteiger partial charge >= 0.3 is 0 Å². The van der Waals surface area contributed by atoms with Crippen molar-refractivity contribution < 1.29 is 9.53 Å². The highest BCUT2D eigenvalue weighted by Crippen LogP contribution is 2.20. The van der Waals surface area contributed by atoms with Gasteiger partial charge in [0.15, 0.2) is 0 Å². The standard InChI is InChI=1S/C15H22N2O2.ClH/c1-11-4-6-13(7-5-11)12(2)17(3)15(18)14-10-16-8-9-19-14;/h4-7,12,14,16H,8-10H2,1-3H3;1H. The van der Waals surface area contributed by atoms with E-state index in [0.717, 1.165) is 12.1 Å². The smallest absolute Gasteiger partial charge is 0.253 e. The zero-order valence-corrected chi connectivity index (χ0v) is 13.1. The van der Waals surface area contributed by atoms with E-state index in [1.165, 1.54) is 5.56 Å². The number of halogens is 1. The number of carbonyl (C=O) groups is 1. The van der Waals surface area contributed by atoms with Gasteiger partial charge in [0.05, 0.1) is 12.6 Å². The van der Waals surface area contributed by atoms with Gasteiger partial charge in [-0.05, 0) is 19.4 Å². The Morgan fingerprint density at radius 3 is 2.60 bits per heavy atom. The Hall–Kier alpha value is -1.10. The van der Waals surface area contributed by atoms with E-state index in [1.807, 2.05) is 14.0 Å². The molecule has 112 valence electrons. The summed E-state index contributed by atoms with van der Waals surface area (Å²) in [5.74, 6) is 0.0419. The molecule has 1 aromatic rings. The number of hydrogen-bond acceptors (Lipinski definition) is 3. The van der Waals surface area contributed by atoms with E-state index in [4.69, 9.17) is 4.74 Å². The average Bonchev–Trinajstić information content (AvgIpc) is 2.46. The second-order valence-electron chi connectivity index (χ2n) is 5.10. The molecular formula is C15H23ClN2O2. The summed E-state index contributed by atoms with van der Waals surface area (Å²) in [6.07, 6.45) is -0.355. The average molecular weight is 299 g/mol. The molecule has 1 N–H and O–H groups in total. The zero-order valence-electron chi connectivity index (χ0n) is 12.3. The Morgan fingerprint density at radius 2 is 2.05 bits per heavy atom. The van der Waals surface area contributed by atoms with Gasteiger partial charge in [-0.25, -0.2) is 0 Å². The van der Waals surface area contributed by atoms with E-state index in [0.29, 0.717) is 13.2 Å². The molecule has 0 bridgehead atoms. The number of morpholine rings is 1. The van der Waals surface area contributed by atoms with Gasteiger partial charge < -0.3 is 15.0 Å². The quantitative estimate of drug-likeness (QED) is 0.927. The first-order valence-corrected chi connectivity index (χ1v) is 6.75. The van der Waals surface area contributed by atoms with Gasteiger partial charge in [0.1, 0.15) is 6.10 Å². The lowest BCUT2D eigenvalue weighted by molar-refractivity contribution is -0.145. The summed E-state index contributed by atoms with van der Waals surface area (Å²) in [5, 5.41) is 3.18. The molecule has 1 heterocycles. The fourth-order valence-corrected chi connectivity index (χ4v) is 2.21. The largest absolute Gasteiger partial charge is 0.366 e. The molecule has 0 spiro atoms. The van der Waals surface area contributed by atoms with Crippen LogP contribution in [0.2, 0.25) is 0 Å². The lowest BCUT2D eigenvalue weighted by Gasteiger charge is -2.31. The predicted octanol–water partition coefficient (Wildman–Crippen LogP) is 1.92. The minimum Gasteiger partial charge on any atom is -0.366 e. The number of rotatable bonds is 3. The van der Waals surface area contributed by atoms with Crippen molar-refractivity contribution in [1.29, 1.82) is 0 Å². The van der Waals surface area contributed by atoms with Gasteiger partial charge in [-0.15, -0.1) is 12.4 Å². The molecule has 2 atom stereocenters. The minimum absolute atomic E-state index is 0. The van der Waals surface area contributed by atoms with E-state index in [2.05, 4.69) is 36.5 Å². The number of amides is 1. The molecule has 0 saturated carbocycles. The Balaban J connectivity index is 0.00000200. The first-order chi connectivity index (χ1) is 9.09. The first-order valence-electron chi connectivity index (χ1n) is 6.75. The van der Waals surface area contributed by atoms with Crippen LogP contribution in [0.1, 0.15) is 24.1 Å². The summed E-state index contributed by atoms with van der Waals surface area (Å²) >= 11 is 0. The van der Waals surface area contributed by atoms with E-state index in [-0.39, 0.29) is 30.5 Å². The second-order valence-corrected chi connectivity index (χ2v) is 5.10. The number of ether oxygens (including phenoxy) is 1. The molecule has 1 aromatic carbocycles. The normalized spacial score (nSPS) is 19.9. The van der Waals surface area contributed by atoms with Crippen LogP contribution in [0.5, 0.6) is 0 Å². The van der Waals surface area contributed by atoms with Crippen LogP contribution >= 0.6 is 12.4 Å². The molecule has 20 heavy (non-hydrogen) atoms. The number of hydrogen-bond donors (Lipinski definition) is 1. The maximum Gasteiger partial charge on any atom is 0.253 e. The summed E-state index contributed by atoms with van der Waals surface area (Å²) in [6.45, 7) is 6.12. The summed E-state index contributed by atoms with van der Waals surface area (Å²) in [7, 11) is 1.84. The number of nitrogens with one attached hydrogen (secondary N) is 1. The van der Waals surface area contributed by atoms with Gasteiger partial charge in [-0.2, -0.15) is 0 Å². The second kappa shape index (κ2) is 7.62. The highest BCUT2D eigenvalue weighted by Gasteiger charge is 2.27. The van der Waals surface area contributed by atoms with E-state index in [9.17, 15) is 4.79 Å². The van der Waals surface area contributed by atoms with Crippen LogP contribution in [0.4, 0.5) is 0 Å². The van der Waals surface area contributed by atoms with E-state index < -0.39 is 0 Å². The summed E-state index contributed by atoms with van der Waals surface area (Å²) in [4.78, 5) is 14.1. The van der Waals surface area contributed by atoms with Gasteiger partial charge in [-0.1, -0.05) is 29.8 Å². The molecule has 0 radical (unpaired) electrons. The fourth-order valence-electron chi connectivity index (χ4n) is 2.21. The van der Waals surface area contributed by atoms with Gasteiger partial charge in [-0.3, -0.25) is 4.79 Å².